The highest BCUT2D eigenvalue weighted by atomic mass is 16.5. The lowest BCUT2D eigenvalue weighted by molar-refractivity contribution is -0.128. The van der Waals surface area contributed by atoms with E-state index in [0.717, 1.165) is 32.8 Å². The van der Waals surface area contributed by atoms with E-state index in [-0.39, 0.29) is 5.91 Å². The number of ether oxygens (including phenoxy) is 1. The van der Waals surface area contributed by atoms with Crippen LogP contribution in [0.5, 0.6) is 0 Å². The monoisotopic (exact) mass is 202 g/mol. The molecule has 0 aromatic carbocycles. The molecule has 5 nitrogen and oxygen atoms in total. The van der Waals surface area contributed by atoms with Crippen molar-refractivity contribution in [1.82, 2.24) is 10.2 Å². The van der Waals surface area contributed by atoms with E-state index in [1.807, 2.05) is 0 Å². The lowest BCUT2D eigenvalue weighted by atomic mass is 10.3. The molecular formula is C9H18N2O3. The van der Waals surface area contributed by atoms with E-state index in [1.54, 1.807) is 0 Å². The van der Waals surface area contributed by atoms with E-state index in [0.29, 0.717) is 6.54 Å². The van der Waals surface area contributed by atoms with Crippen LogP contribution >= 0.6 is 0 Å². The Labute approximate surface area is 84.0 Å². The largest absolute Gasteiger partial charge is 0.384 e. The van der Waals surface area contributed by atoms with Crippen LogP contribution in [0.15, 0.2) is 0 Å². The summed E-state index contributed by atoms with van der Waals surface area (Å²) in [5.41, 5.74) is 0. The Morgan fingerprint density at radius 3 is 2.79 bits per heavy atom. The van der Waals surface area contributed by atoms with Gasteiger partial charge in [0.1, 0.15) is 6.10 Å². The molecule has 1 saturated heterocycles. The molecule has 82 valence electrons. The SMILES string of the molecule is C[C@@H](O)C(=O)NCCN1CCOCC1. The molecular weight excluding hydrogens is 184 g/mol. The minimum absolute atomic E-state index is 0.307. The molecule has 1 rings (SSSR count). The second-order valence-electron chi connectivity index (χ2n) is 3.42. The van der Waals surface area contributed by atoms with E-state index in [4.69, 9.17) is 9.84 Å². The number of hydrogen-bond acceptors (Lipinski definition) is 4. The predicted molar refractivity (Wildman–Crippen MR) is 51.9 cm³/mol. The predicted octanol–water partition coefficient (Wildman–Crippen LogP) is -1.18. The third-order valence-electron chi connectivity index (χ3n) is 2.21. The summed E-state index contributed by atoms with van der Waals surface area (Å²) in [6, 6.07) is 0. The van der Waals surface area contributed by atoms with Crippen molar-refractivity contribution in [3.8, 4) is 0 Å². The quantitative estimate of drug-likeness (QED) is 0.602. The number of morpholine rings is 1. The number of nitrogens with zero attached hydrogens (tertiary/aromatic N) is 1. The topological polar surface area (TPSA) is 61.8 Å². The summed E-state index contributed by atoms with van der Waals surface area (Å²) in [6.07, 6.45) is -0.917. The average Bonchev–Trinajstić information content (AvgIpc) is 2.19. The first kappa shape index (κ1) is 11.4. The molecule has 0 spiro atoms. The number of carbonyl (C=O) groups excluding carboxylic acids is 1. The minimum atomic E-state index is -0.917. The molecule has 0 aromatic rings. The summed E-state index contributed by atoms with van der Waals surface area (Å²) >= 11 is 0. The first-order chi connectivity index (χ1) is 6.70. The van der Waals surface area contributed by atoms with Crippen molar-refractivity contribution < 1.29 is 14.6 Å². The van der Waals surface area contributed by atoms with Gasteiger partial charge in [0.25, 0.3) is 0 Å². The summed E-state index contributed by atoms with van der Waals surface area (Å²) < 4.78 is 5.20. The molecule has 0 bridgehead atoms. The maximum absolute atomic E-state index is 11.0. The summed E-state index contributed by atoms with van der Waals surface area (Å²) in [6.45, 7) is 6.25. The molecule has 1 atom stereocenters. The summed E-state index contributed by atoms with van der Waals surface area (Å²) in [4.78, 5) is 13.2. The van der Waals surface area contributed by atoms with Crippen LogP contribution in [0.3, 0.4) is 0 Å². The molecule has 14 heavy (non-hydrogen) atoms. The van der Waals surface area contributed by atoms with E-state index in [9.17, 15) is 4.79 Å². The van der Waals surface area contributed by atoms with Crippen molar-refractivity contribution in [2.24, 2.45) is 0 Å². The van der Waals surface area contributed by atoms with Crippen LogP contribution in [-0.4, -0.2) is 61.4 Å². The normalized spacial score (nSPS) is 20.4. The van der Waals surface area contributed by atoms with Gasteiger partial charge in [0.05, 0.1) is 13.2 Å². The number of carbonyl (C=O) groups is 1. The Morgan fingerprint density at radius 1 is 1.57 bits per heavy atom. The van der Waals surface area contributed by atoms with Gasteiger partial charge in [0.2, 0.25) is 5.91 Å². The van der Waals surface area contributed by atoms with E-state index in [1.165, 1.54) is 6.92 Å². The zero-order chi connectivity index (χ0) is 10.4. The van der Waals surface area contributed by atoms with E-state index < -0.39 is 6.10 Å². The molecule has 0 radical (unpaired) electrons. The maximum atomic E-state index is 11.0. The van der Waals surface area contributed by atoms with Crippen molar-refractivity contribution in [3.63, 3.8) is 0 Å². The Morgan fingerprint density at radius 2 is 2.21 bits per heavy atom. The number of aliphatic hydroxyl groups is 1. The van der Waals surface area contributed by atoms with Gasteiger partial charge in [-0.05, 0) is 6.92 Å². The molecule has 2 N–H and O–H groups in total. The van der Waals surface area contributed by atoms with Crippen molar-refractivity contribution in [2.75, 3.05) is 39.4 Å². The van der Waals surface area contributed by atoms with Crippen LogP contribution in [0.1, 0.15) is 6.92 Å². The molecule has 0 aromatic heterocycles. The maximum Gasteiger partial charge on any atom is 0.248 e. The number of nitrogens with one attached hydrogen (secondary N) is 1. The number of amides is 1. The Bertz CT molecular complexity index is 179. The first-order valence-electron chi connectivity index (χ1n) is 4.96. The minimum Gasteiger partial charge on any atom is -0.384 e. The molecule has 0 unspecified atom stereocenters. The Kier molecular flexibility index (Phi) is 4.86. The van der Waals surface area contributed by atoms with Gasteiger partial charge in [-0.15, -0.1) is 0 Å². The van der Waals surface area contributed by atoms with E-state index >= 15 is 0 Å². The van der Waals surface area contributed by atoms with E-state index in [2.05, 4.69) is 10.2 Å². The third kappa shape index (κ3) is 4.04. The highest BCUT2D eigenvalue weighted by Gasteiger charge is 2.11. The fraction of sp³-hybridized carbons (Fsp3) is 0.889. The van der Waals surface area contributed by atoms with Gasteiger partial charge in [0, 0.05) is 26.2 Å². The molecule has 1 amide bonds. The summed E-state index contributed by atoms with van der Waals surface area (Å²) in [7, 11) is 0. The van der Waals surface area contributed by atoms with Crippen LogP contribution < -0.4 is 5.32 Å². The zero-order valence-corrected chi connectivity index (χ0v) is 8.53. The van der Waals surface area contributed by atoms with Gasteiger partial charge in [-0.3, -0.25) is 9.69 Å². The fourth-order valence-corrected chi connectivity index (χ4v) is 1.31. The summed E-state index contributed by atoms with van der Waals surface area (Å²) in [5, 5.41) is 11.6. The Hall–Kier alpha value is -0.650. The van der Waals surface area contributed by atoms with Crippen LogP contribution in [0.25, 0.3) is 0 Å². The zero-order valence-electron chi connectivity index (χ0n) is 8.53. The van der Waals surface area contributed by atoms with Crippen molar-refractivity contribution >= 4 is 5.91 Å². The van der Waals surface area contributed by atoms with Crippen molar-refractivity contribution in [2.45, 2.75) is 13.0 Å². The van der Waals surface area contributed by atoms with Gasteiger partial charge in [-0.2, -0.15) is 0 Å². The number of aliphatic hydroxyl groups excluding tert-OH is 1. The lowest BCUT2D eigenvalue weighted by Gasteiger charge is -2.26. The van der Waals surface area contributed by atoms with Gasteiger partial charge in [-0.25, -0.2) is 0 Å². The molecule has 1 aliphatic heterocycles. The average molecular weight is 202 g/mol. The fourth-order valence-electron chi connectivity index (χ4n) is 1.31. The molecule has 0 aliphatic carbocycles. The van der Waals surface area contributed by atoms with Crippen LogP contribution in [0.2, 0.25) is 0 Å². The molecule has 1 heterocycles. The molecule has 0 saturated carbocycles. The molecule has 1 aliphatic rings. The van der Waals surface area contributed by atoms with Crippen molar-refractivity contribution in [1.29, 1.82) is 0 Å². The van der Waals surface area contributed by atoms with Crippen LogP contribution in [0, 0.1) is 0 Å². The standard InChI is InChI=1S/C9H18N2O3/c1-8(12)9(13)10-2-3-11-4-6-14-7-5-11/h8,12H,2-7H2,1H3,(H,10,13)/t8-/m1/s1. The smallest absolute Gasteiger partial charge is 0.248 e. The van der Waals surface area contributed by atoms with Crippen LogP contribution in [0.4, 0.5) is 0 Å². The highest BCUT2D eigenvalue weighted by molar-refractivity contribution is 5.79. The lowest BCUT2D eigenvalue weighted by Crippen LogP contribution is -2.42. The third-order valence-corrected chi connectivity index (χ3v) is 2.21. The second-order valence-corrected chi connectivity index (χ2v) is 3.42. The number of rotatable bonds is 4. The first-order valence-corrected chi connectivity index (χ1v) is 4.96. The highest BCUT2D eigenvalue weighted by Crippen LogP contribution is 1.94. The molecule has 5 heteroatoms. The van der Waals surface area contributed by atoms with Gasteiger partial charge >= 0.3 is 0 Å². The molecule has 1 fully saturated rings. The van der Waals surface area contributed by atoms with Gasteiger partial charge in [0.15, 0.2) is 0 Å². The second kappa shape index (κ2) is 5.95. The van der Waals surface area contributed by atoms with Crippen molar-refractivity contribution in [3.05, 3.63) is 0 Å². The summed E-state index contributed by atoms with van der Waals surface area (Å²) in [5.74, 6) is -0.307. The number of hydrogen-bond donors (Lipinski definition) is 2. The Balaban J connectivity index is 2.05. The van der Waals surface area contributed by atoms with Crippen LogP contribution in [-0.2, 0) is 9.53 Å². The van der Waals surface area contributed by atoms with Gasteiger partial charge in [-0.1, -0.05) is 0 Å². The van der Waals surface area contributed by atoms with Gasteiger partial charge < -0.3 is 15.2 Å².